The summed E-state index contributed by atoms with van der Waals surface area (Å²) in [5.41, 5.74) is 11.7. The molecule has 4 amide bonds. The molecule has 3 unspecified atom stereocenters. The van der Waals surface area contributed by atoms with Crippen LogP contribution in [0, 0.1) is 5.92 Å². The highest BCUT2D eigenvalue weighted by Crippen LogP contribution is 2.12. The van der Waals surface area contributed by atoms with Gasteiger partial charge in [-0.2, -0.15) is 0 Å². The van der Waals surface area contributed by atoms with E-state index in [1.54, 1.807) is 12.1 Å². The van der Waals surface area contributed by atoms with Gasteiger partial charge in [0.25, 0.3) is 0 Å². The molecule has 1 aromatic carbocycles. The molecule has 12 heteroatoms. The molecule has 0 aromatic heterocycles. The fraction of sp³-hybridized carbons (Fsp3) is 0.500. The number of phenols is 1. The van der Waals surface area contributed by atoms with Crippen molar-refractivity contribution in [1.29, 1.82) is 0 Å². The van der Waals surface area contributed by atoms with Gasteiger partial charge in [0.15, 0.2) is 0 Å². The van der Waals surface area contributed by atoms with Crippen molar-refractivity contribution in [1.82, 2.24) is 16.0 Å². The Morgan fingerprint density at radius 1 is 0.941 bits per heavy atom. The molecule has 0 aliphatic heterocycles. The molecular weight excluding hydrogens is 446 g/mol. The lowest BCUT2D eigenvalue weighted by Gasteiger charge is -2.24. The molecule has 12 nitrogen and oxygen atoms in total. The van der Waals surface area contributed by atoms with Crippen molar-refractivity contribution in [3.8, 4) is 5.75 Å². The third-order valence-electron chi connectivity index (χ3n) is 4.80. The lowest BCUT2D eigenvalue weighted by Crippen LogP contribution is -2.56. The average Bonchev–Trinajstić information content (AvgIpc) is 2.74. The molecule has 0 bridgehead atoms. The summed E-state index contributed by atoms with van der Waals surface area (Å²) in [7, 11) is 0. The molecule has 34 heavy (non-hydrogen) atoms. The van der Waals surface area contributed by atoms with Crippen molar-refractivity contribution in [3.63, 3.8) is 0 Å². The second-order valence-electron chi connectivity index (χ2n) is 8.35. The second kappa shape index (κ2) is 13.8. The van der Waals surface area contributed by atoms with Crippen LogP contribution >= 0.6 is 0 Å². The van der Waals surface area contributed by atoms with Crippen LogP contribution in [0.3, 0.4) is 0 Å². The van der Waals surface area contributed by atoms with Crippen molar-refractivity contribution in [2.75, 3.05) is 6.54 Å². The minimum atomic E-state index is -1.29. The summed E-state index contributed by atoms with van der Waals surface area (Å²) in [6.45, 7) is 3.11. The van der Waals surface area contributed by atoms with Crippen LogP contribution in [-0.4, -0.2) is 64.5 Å². The SMILES string of the molecule is CC(C)CC(N)C(=O)NC(Cc1ccc(O)cc1)C(=O)NC(CCC(N)=O)C(=O)NCC(=O)O. The summed E-state index contributed by atoms with van der Waals surface area (Å²) in [6.07, 6.45) is 0.00268. The summed E-state index contributed by atoms with van der Waals surface area (Å²) >= 11 is 0. The topological polar surface area (TPSA) is 214 Å². The summed E-state index contributed by atoms with van der Waals surface area (Å²) in [5.74, 6) is -3.95. The summed E-state index contributed by atoms with van der Waals surface area (Å²) in [4.78, 5) is 60.0. The monoisotopic (exact) mass is 479 g/mol. The highest BCUT2D eigenvalue weighted by molar-refractivity contribution is 5.94. The first-order chi connectivity index (χ1) is 15.9. The molecule has 0 fully saturated rings. The van der Waals surface area contributed by atoms with Gasteiger partial charge in [-0.3, -0.25) is 24.0 Å². The maximum absolute atomic E-state index is 13.1. The number of nitrogens with one attached hydrogen (secondary N) is 3. The van der Waals surface area contributed by atoms with Crippen LogP contribution in [0.4, 0.5) is 0 Å². The second-order valence-corrected chi connectivity index (χ2v) is 8.35. The molecule has 0 aliphatic carbocycles. The van der Waals surface area contributed by atoms with Crippen molar-refractivity contribution in [2.45, 2.75) is 57.7 Å². The van der Waals surface area contributed by atoms with Crippen LogP contribution < -0.4 is 27.4 Å². The third-order valence-corrected chi connectivity index (χ3v) is 4.80. The number of hydrogen-bond acceptors (Lipinski definition) is 7. The van der Waals surface area contributed by atoms with E-state index in [4.69, 9.17) is 16.6 Å². The smallest absolute Gasteiger partial charge is 0.322 e. The lowest BCUT2D eigenvalue weighted by molar-refractivity contribution is -0.138. The predicted octanol–water partition coefficient (Wildman–Crippen LogP) is -1.26. The minimum Gasteiger partial charge on any atom is -0.508 e. The van der Waals surface area contributed by atoms with E-state index in [-0.39, 0.29) is 30.9 Å². The minimum absolute atomic E-state index is 0.0194. The van der Waals surface area contributed by atoms with E-state index in [1.807, 2.05) is 13.8 Å². The van der Waals surface area contributed by atoms with Crippen LogP contribution in [0.15, 0.2) is 24.3 Å². The normalized spacial score (nSPS) is 13.4. The number of carbonyl (C=O) groups is 5. The predicted molar refractivity (Wildman–Crippen MR) is 122 cm³/mol. The molecule has 188 valence electrons. The first-order valence-corrected chi connectivity index (χ1v) is 10.8. The van der Waals surface area contributed by atoms with Gasteiger partial charge in [0.2, 0.25) is 23.6 Å². The fourth-order valence-corrected chi connectivity index (χ4v) is 3.08. The van der Waals surface area contributed by atoms with E-state index in [1.165, 1.54) is 12.1 Å². The average molecular weight is 480 g/mol. The van der Waals surface area contributed by atoms with Crippen LogP contribution in [0.25, 0.3) is 0 Å². The standard InChI is InChI=1S/C22H33N5O7/c1-12(2)9-15(23)20(32)27-17(10-13-3-5-14(28)6-4-13)22(34)26-16(7-8-18(24)29)21(33)25-11-19(30)31/h3-6,12,15-17,28H,7-11,23H2,1-2H3,(H2,24,29)(H,25,33)(H,26,34)(H,27,32)(H,30,31). The molecule has 3 atom stereocenters. The van der Waals surface area contributed by atoms with Gasteiger partial charge in [0.1, 0.15) is 24.4 Å². The molecule has 0 radical (unpaired) electrons. The van der Waals surface area contributed by atoms with Gasteiger partial charge in [-0.1, -0.05) is 26.0 Å². The van der Waals surface area contributed by atoms with Gasteiger partial charge in [0, 0.05) is 12.8 Å². The Kier molecular flexibility index (Phi) is 11.5. The molecule has 1 rings (SSSR count). The maximum Gasteiger partial charge on any atom is 0.322 e. The van der Waals surface area contributed by atoms with Crippen molar-refractivity contribution >= 4 is 29.6 Å². The number of hydrogen-bond donors (Lipinski definition) is 7. The number of aromatic hydroxyl groups is 1. The molecule has 0 saturated heterocycles. The molecular formula is C22H33N5O7. The Labute approximate surface area is 197 Å². The molecule has 0 aliphatic rings. The number of carboxylic acids is 1. The quantitative estimate of drug-likeness (QED) is 0.171. The largest absolute Gasteiger partial charge is 0.508 e. The van der Waals surface area contributed by atoms with Crippen LogP contribution in [0.1, 0.15) is 38.7 Å². The Morgan fingerprint density at radius 2 is 1.53 bits per heavy atom. The van der Waals surface area contributed by atoms with Crippen molar-refractivity contribution < 1.29 is 34.2 Å². The Morgan fingerprint density at radius 3 is 2.06 bits per heavy atom. The lowest BCUT2D eigenvalue weighted by atomic mass is 10.0. The highest BCUT2D eigenvalue weighted by Gasteiger charge is 2.29. The highest BCUT2D eigenvalue weighted by atomic mass is 16.4. The summed E-state index contributed by atoms with van der Waals surface area (Å²) in [5, 5.41) is 25.5. The number of primary amides is 1. The van der Waals surface area contributed by atoms with Gasteiger partial charge < -0.3 is 37.6 Å². The number of aliphatic carboxylic acids is 1. The van der Waals surface area contributed by atoms with Crippen LogP contribution in [-0.2, 0) is 30.4 Å². The Balaban J connectivity index is 3.06. The molecule has 0 heterocycles. The van der Waals surface area contributed by atoms with E-state index in [9.17, 15) is 29.1 Å². The maximum atomic E-state index is 13.1. The molecule has 9 N–H and O–H groups in total. The number of benzene rings is 1. The molecule has 0 spiro atoms. The van der Waals surface area contributed by atoms with Gasteiger partial charge in [0.05, 0.1) is 6.04 Å². The van der Waals surface area contributed by atoms with E-state index >= 15 is 0 Å². The third kappa shape index (κ3) is 10.8. The number of carboxylic acid groups (broad SMARTS) is 1. The van der Waals surface area contributed by atoms with E-state index < -0.39 is 54.3 Å². The van der Waals surface area contributed by atoms with Crippen LogP contribution in [0.2, 0.25) is 0 Å². The Hall–Kier alpha value is -3.67. The number of amides is 4. The number of phenolic OH excluding ortho intramolecular Hbond substituents is 1. The van der Waals surface area contributed by atoms with E-state index in [0.29, 0.717) is 12.0 Å². The fourth-order valence-electron chi connectivity index (χ4n) is 3.08. The zero-order valence-electron chi connectivity index (χ0n) is 19.2. The first-order valence-electron chi connectivity index (χ1n) is 10.8. The number of carbonyl (C=O) groups excluding carboxylic acids is 4. The summed E-state index contributed by atoms with van der Waals surface area (Å²) < 4.78 is 0. The molecule has 0 saturated carbocycles. The van der Waals surface area contributed by atoms with E-state index in [0.717, 1.165) is 0 Å². The van der Waals surface area contributed by atoms with E-state index in [2.05, 4.69) is 16.0 Å². The first kappa shape index (κ1) is 28.4. The van der Waals surface area contributed by atoms with Crippen molar-refractivity contribution in [3.05, 3.63) is 29.8 Å². The molecule has 1 aromatic rings. The zero-order valence-corrected chi connectivity index (χ0v) is 19.2. The summed E-state index contributed by atoms with van der Waals surface area (Å²) in [6, 6.07) is 2.72. The van der Waals surface area contributed by atoms with Crippen LogP contribution in [0.5, 0.6) is 5.75 Å². The number of rotatable bonds is 14. The van der Waals surface area contributed by atoms with Gasteiger partial charge in [-0.05, 0) is 36.5 Å². The number of nitrogens with two attached hydrogens (primary N) is 2. The van der Waals surface area contributed by atoms with Gasteiger partial charge in [-0.25, -0.2) is 0 Å². The Bertz CT molecular complexity index is 873. The van der Waals surface area contributed by atoms with Crippen molar-refractivity contribution in [2.24, 2.45) is 17.4 Å². The van der Waals surface area contributed by atoms with Gasteiger partial charge >= 0.3 is 5.97 Å². The van der Waals surface area contributed by atoms with Gasteiger partial charge in [-0.15, -0.1) is 0 Å². The zero-order chi connectivity index (χ0) is 25.8.